The zero-order valence-electron chi connectivity index (χ0n) is 7.49. The van der Waals surface area contributed by atoms with Gasteiger partial charge < -0.3 is 11.5 Å². The monoisotopic (exact) mass is 171 g/mol. The van der Waals surface area contributed by atoms with Crippen molar-refractivity contribution in [3.63, 3.8) is 0 Å². The molecule has 1 aliphatic rings. The molecule has 0 spiro atoms. The zero-order chi connectivity index (χ0) is 9.14. The van der Waals surface area contributed by atoms with Crippen LogP contribution in [0.2, 0.25) is 0 Å². The minimum Gasteiger partial charge on any atom is -0.369 e. The molecule has 70 valence electrons. The summed E-state index contributed by atoms with van der Waals surface area (Å²) in [6.45, 7) is 4.50. The van der Waals surface area contributed by atoms with Gasteiger partial charge in [0.05, 0.1) is 5.92 Å². The molecular formula is C8H17N3O. The van der Waals surface area contributed by atoms with Gasteiger partial charge in [-0.1, -0.05) is 0 Å². The van der Waals surface area contributed by atoms with Crippen LogP contribution in [0.4, 0.5) is 0 Å². The molecule has 2 atom stereocenters. The third-order valence-electron chi connectivity index (χ3n) is 2.67. The van der Waals surface area contributed by atoms with Crippen molar-refractivity contribution in [2.75, 3.05) is 19.6 Å². The van der Waals surface area contributed by atoms with Crippen LogP contribution in [0.25, 0.3) is 0 Å². The molecule has 0 saturated carbocycles. The van der Waals surface area contributed by atoms with Crippen LogP contribution in [0.1, 0.15) is 13.3 Å². The van der Waals surface area contributed by atoms with Gasteiger partial charge in [-0.2, -0.15) is 0 Å². The second-order valence-corrected chi connectivity index (χ2v) is 3.36. The molecule has 4 heteroatoms. The van der Waals surface area contributed by atoms with Crippen LogP contribution >= 0.6 is 0 Å². The number of nitrogens with two attached hydrogens (primary N) is 2. The number of carbonyl (C=O) groups is 1. The lowest BCUT2D eigenvalue weighted by molar-refractivity contribution is -0.122. The van der Waals surface area contributed by atoms with E-state index in [2.05, 4.69) is 4.90 Å². The van der Waals surface area contributed by atoms with Crippen LogP contribution in [-0.2, 0) is 4.79 Å². The van der Waals surface area contributed by atoms with Crippen LogP contribution in [0.15, 0.2) is 0 Å². The van der Waals surface area contributed by atoms with Crippen molar-refractivity contribution in [1.82, 2.24) is 4.90 Å². The number of hydrogen-bond donors (Lipinski definition) is 2. The van der Waals surface area contributed by atoms with E-state index in [1.165, 1.54) is 0 Å². The third kappa shape index (κ3) is 1.76. The molecule has 0 aromatic carbocycles. The summed E-state index contributed by atoms with van der Waals surface area (Å²) in [6.07, 6.45) is 0.885. The molecule has 4 nitrogen and oxygen atoms in total. The molecule has 1 rings (SSSR count). The van der Waals surface area contributed by atoms with Gasteiger partial charge in [0.2, 0.25) is 5.91 Å². The van der Waals surface area contributed by atoms with Gasteiger partial charge in [0, 0.05) is 19.1 Å². The van der Waals surface area contributed by atoms with Crippen LogP contribution in [-0.4, -0.2) is 36.5 Å². The number of primary amides is 1. The Morgan fingerprint density at radius 2 is 2.33 bits per heavy atom. The van der Waals surface area contributed by atoms with Crippen LogP contribution in [0.5, 0.6) is 0 Å². The first-order chi connectivity index (χ1) is 5.66. The highest BCUT2D eigenvalue weighted by atomic mass is 16.1. The average Bonchev–Trinajstić information content (AvgIpc) is 2.34. The molecule has 1 fully saturated rings. The van der Waals surface area contributed by atoms with Crippen molar-refractivity contribution < 1.29 is 4.79 Å². The maximum absolute atomic E-state index is 10.9. The molecular weight excluding hydrogens is 154 g/mol. The van der Waals surface area contributed by atoms with Crippen molar-refractivity contribution in [2.45, 2.75) is 19.4 Å². The summed E-state index contributed by atoms with van der Waals surface area (Å²) in [6, 6.07) is 0.269. The second kappa shape index (κ2) is 3.87. The molecule has 1 saturated heterocycles. The Bertz CT molecular complexity index is 172. The highest BCUT2D eigenvalue weighted by Crippen LogP contribution is 2.22. The SMILES string of the molecule is CC1C(C(N)=O)CCN1CCN. The van der Waals surface area contributed by atoms with E-state index in [-0.39, 0.29) is 17.9 Å². The quantitative estimate of drug-likeness (QED) is 0.580. The smallest absolute Gasteiger partial charge is 0.222 e. The van der Waals surface area contributed by atoms with Crippen molar-refractivity contribution in [3.8, 4) is 0 Å². The Kier molecular flexibility index (Phi) is 3.05. The molecule has 0 aliphatic carbocycles. The average molecular weight is 171 g/mol. The summed E-state index contributed by atoms with van der Waals surface area (Å²) in [5.41, 5.74) is 10.7. The molecule has 0 aromatic heterocycles. The van der Waals surface area contributed by atoms with E-state index >= 15 is 0 Å². The first kappa shape index (κ1) is 9.48. The number of rotatable bonds is 3. The minimum atomic E-state index is -0.179. The number of hydrogen-bond acceptors (Lipinski definition) is 3. The molecule has 1 heterocycles. The van der Waals surface area contributed by atoms with Gasteiger partial charge in [-0.05, 0) is 19.9 Å². The van der Waals surface area contributed by atoms with E-state index in [0.29, 0.717) is 6.54 Å². The summed E-state index contributed by atoms with van der Waals surface area (Å²) in [4.78, 5) is 13.1. The summed E-state index contributed by atoms with van der Waals surface area (Å²) in [5, 5.41) is 0. The fraction of sp³-hybridized carbons (Fsp3) is 0.875. The fourth-order valence-corrected chi connectivity index (χ4v) is 1.87. The van der Waals surface area contributed by atoms with Crippen LogP contribution < -0.4 is 11.5 Å². The van der Waals surface area contributed by atoms with Crippen LogP contribution in [0.3, 0.4) is 0 Å². The second-order valence-electron chi connectivity index (χ2n) is 3.36. The van der Waals surface area contributed by atoms with E-state index < -0.39 is 0 Å². The maximum Gasteiger partial charge on any atom is 0.222 e. The predicted octanol–water partition coefficient (Wildman–Crippen LogP) is -0.859. The minimum absolute atomic E-state index is 0.0246. The standard InChI is InChI=1S/C8H17N3O/c1-6-7(8(10)12)2-4-11(6)5-3-9/h6-7H,2-5,9H2,1H3,(H2,10,12). The first-order valence-corrected chi connectivity index (χ1v) is 4.40. The number of likely N-dealkylation sites (tertiary alicyclic amines) is 1. The fourth-order valence-electron chi connectivity index (χ4n) is 1.87. The van der Waals surface area contributed by atoms with E-state index in [4.69, 9.17) is 11.5 Å². The van der Waals surface area contributed by atoms with Crippen LogP contribution in [0, 0.1) is 5.92 Å². The largest absolute Gasteiger partial charge is 0.369 e. The van der Waals surface area contributed by atoms with Gasteiger partial charge in [-0.15, -0.1) is 0 Å². The topological polar surface area (TPSA) is 72.4 Å². The van der Waals surface area contributed by atoms with Gasteiger partial charge in [0.1, 0.15) is 0 Å². The Labute approximate surface area is 72.9 Å². The molecule has 4 N–H and O–H groups in total. The molecule has 2 unspecified atom stereocenters. The molecule has 1 amide bonds. The van der Waals surface area contributed by atoms with Gasteiger partial charge in [-0.3, -0.25) is 9.69 Å². The Balaban J connectivity index is 2.48. The highest BCUT2D eigenvalue weighted by Gasteiger charge is 2.33. The molecule has 0 radical (unpaired) electrons. The van der Waals surface area contributed by atoms with Gasteiger partial charge in [0.15, 0.2) is 0 Å². The number of amides is 1. The summed E-state index contributed by atoms with van der Waals surface area (Å²) >= 11 is 0. The van der Waals surface area contributed by atoms with E-state index in [1.807, 2.05) is 6.92 Å². The summed E-state index contributed by atoms with van der Waals surface area (Å²) in [5.74, 6) is -0.154. The lowest BCUT2D eigenvalue weighted by Crippen LogP contribution is -2.38. The molecule has 0 bridgehead atoms. The summed E-state index contributed by atoms with van der Waals surface area (Å²) in [7, 11) is 0. The predicted molar refractivity (Wildman–Crippen MR) is 47.4 cm³/mol. The lowest BCUT2D eigenvalue weighted by Gasteiger charge is -2.22. The lowest BCUT2D eigenvalue weighted by atomic mass is 10.0. The normalized spacial score (nSPS) is 30.8. The molecule has 1 aliphatic heterocycles. The van der Waals surface area contributed by atoms with E-state index in [0.717, 1.165) is 19.5 Å². The van der Waals surface area contributed by atoms with Crippen molar-refractivity contribution in [3.05, 3.63) is 0 Å². The number of carbonyl (C=O) groups excluding carboxylic acids is 1. The third-order valence-corrected chi connectivity index (χ3v) is 2.67. The number of nitrogens with zero attached hydrogens (tertiary/aromatic N) is 1. The van der Waals surface area contributed by atoms with E-state index in [9.17, 15) is 4.79 Å². The van der Waals surface area contributed by atoms with Crippen molar-refractivity contribution in [1.29, 1.82) is 0 Å². The molecule has 0 aromatic rings. The summed E-state index contributed by atoms with van der Waals surface area (Å²) < 4.78 is 0. The maximum atomic E-state index is 10.9. The highest BCUT2D eigenvalue weighted by molar-refractivity contribution is 5.77. The zero-order valence-corrected chi connectivity index (χ0v) is 7.49. The Morgan fingerprint density at radius 1 is 1.67 bits per heavy atom. The Hall–Kier alpha value is -0.610. The molecule has 12 heavy (non-hydrogen) atoms. The first-order valence-electron chi connectivity index (χ1n) is 4.40. The Morgan fingerprint density at radius 3 is 2.75 bits per heavy atom. The van der Waals surface area contributed by atoms with Crippen molar-refractivity contribution >= 4 is 5.91 Å². The van der Waals surface area contributed by atoms with E-state index in [1.54, 1.807) is 0 Å². The van der Waals surface area contributed by atoms with Gasteiger partial charge in [0.25, 0.3) is 0 Å². The van der Waals surface area contributed by atoms with Gasteiger partial charge in [-0.25, -0.2) is 0 Å². The van der Waals surface area contributed by atoms with Gasteiger partial charge >= 0.3 is 0 Å². The van der Waals surface area contributed by atoms with Crippen molar-refractivity contribution in [2.24, 2.45) is 17.4 Å².